The van der Waals surface area contributed by atoms with Gasteiger partial charge in [0.2, 0.25) is 0 Å². The van der Waals surface area contributed by atoms with E-state index >= 15 is 0 Å². The quantitative estimate of drug-likeness (QED) is 0.667. The third-order valence-corrected chi connectivity index (χ3v) is 5.04. The molecule has 0 bridgehead atoms. The minimum absolute atomic E-state index is 0.00408. The number of benzene rings is 1. The van der Waals surface area contributed by atoms with Gasteiger partial charge >= 0.3 is 0 Å². The molecular formula is C16H16N8O3. The maximum absolute atomic E-state index is 13.1. The highest BCUT2D eigenvalue weighted by Gasteiger charge is 2.38. The number of fused-ring (bicyclic) bond motifs is 3. The number of hydrogen-bond donors (Lipinski definition) is 1. The number of likely N-dealkylation sites (tertiary alicyclic amines) is 1. The summed E-state index contributed by atoms with van der Waals surface area (Å²) in [5, 5.41) is 29.3. The number of amides is 1. The topological polar surface area (TPSA) is 124 Å². The molecule has 138 valence electrons. The standard InChI is InChI=1S/C16H16N8O3/c25-14-2-1-10(23-9-18-19-21-23)5-12(14)16(26)22-4-3-15-13(7-22)24-11(8-27-15)6-17-20-24/h1-2,5-6,9,13,15,25H,3-4,7-8H2/t13-,15-/m0/s1. The van der Waals surface area contributed by atoms with Gasteiger partial charge in [-0.1, -0.05) is 5.21 Å². The van der Waals surface area contributed by atoms with E-state index in [1.807, 2.05) is 4.68 Å². The Morgan fingerprint density at radius 2 is 2.19 bits per heavy atom. The SMILES string of the molecule is O=C(c1cc(-n2cnnn2)ccc1O)N1CC[C@@H]2OCc3cnnn3[C@H]2C1. The zero-order valence-corrected chi connectivity index (χ0v) is 14.2. The number of piperidine rings is 1. The predicted molar refractivity (Wildman–Crippen MR) is 89.0 cm³/mol. The number of ether oxygens (including phenoxy) is 1. The molecule has 2 aromatic heterocycles. The largest absolute Gasteiger partial charge is 0.507 e. The molecule has 1 aromatic carbocycles. The number of hydrogen-bond acceptors (Lipinski definition) is 8. The molecule has 11 nitrogen and oxygen atoms in total. The number of aromatic nitrogens is 7. The normalized spacial score (nSPS) is 21.6. The smallest absolute Gasteiger partial charge is 0.257 e. The lowest BCUT2D eigenvalue weighted by molar-refractivity contribution is -0.0605. The Kier molecular flexibility index (Phi) is 3.60. The summed E-state index contributed by atoms with van der Waals surface area (Å²) < 4.78 is 9.15. The minimum atomic E-state index is -0.256. The van der Waals surface area contributed by atoms with E-state index in [0.717, 1.165) is 5.69 Å². The Morgan fingerprint density at radius 3 is 3.04 bits per heavy atom. The summed E-state index contributed by atoms with van der Waals surface area (Å²) in [6.45, 7) is 1.46. The second kappa shape index (κ2) is 6.13. The molecule has 1 saturated heterocycles. The number of tetrazole rings is 1. The fraction of sp³-hybridized carbons (Fsp3) is 0.375. The maximum Gasteiger partial charge on any atom is 0.257 e. The van der Waals surface area contributed by atoms with E-state index in [9.17, 15) is 9.90 Å². The summed E-state index contributed by atoms with van der Waals surface area (Å²) in [7, 11) is 0. The molecule has 0 spiro atoms. The van der Waals surface area contributed by atoms with Gasteiger partial charge in [-0.05, 0) is 35.0 Å². The average molecular weight is 368 g/mol. The Labute approximate surface area is 153 Å². The van der Waals surface area contributed by atoms with Crippen molar-refractivity contribution in [1.82, 2.24) is 40.1 Å². The lowest BCUT2D eigenvalue weighted by Crippen LogP contribution is -2.49. The van der Waals surface area contributed by atoms with Gasteiger partial charge in [-0.2, -0.15) is 0 Å². The van der Waals surface area contributed by atoms with E-state index in [2.05, 4.69) is 25.8 Å². The van der Waals surface area contributed by atoms with Crippen molar-refractivity contribution in [2.24, 2.45) is 0 Å². The molecule has 1 fully saturated rings. The van der Waals surface area contributed by atoms with E-state index in [-0.39, 0.29) is 29.4 Å². The number of phenols is 1. The van der Waals surface area contributed by atoms with Gasteiger partial charge in [-0.3, -0.25) is 4.79 Å². The monoisotopic (exact) mass is 368 g/mol. The van der Waals surface area contributed by atoms with E-state index in [4.69, 9.17) is 4.74 Å². The number of nitrogens with zero attached hydrogens (tertiary/aromatic N) is 8. The minimum Gasteiger partial charge on any atom is -0.507 e. The molecule has 0 unspecified atom stereocenters. The molecule has 0 saturated carbocycles. The van der Waals surface area contributed by atoms with Crippen LogP contribution in [0.1, 0.15) is 28.5 Å². The third-order valence-electron chi connectivity index (χ3n) is 5.04. The summed E-state index contributed by atoms with van der Waals surface area (Å²) in [6, 6.07) is 4.61. The molecule has 2 atom stereocenters. The van der Waals surface area contributed by atoms with Gasteiger partial charge in [-0.15, -0.1) is 10.2 Å². The summed E-state index contributed by atoms with van der Waals surface area (Å²) in [6.07, 6.45) is 3.81. The van der Waals surface area contributed by atoms with Crippen LogP contribution in [0.15, 0.2) is 30.7 Å². The van der Waals surface area contributed by atoms with Crippen LogP contribution >= 0.6 is 0 Å². The van der Waals surface area contributed by atoms with Gasteiger partial charge in [0.15, 0.2) is 0 Å². The van der Waals surface area contributed by atoms with Crippen LogP contribution in [0, 0.1) is 0 Å². The first kappa shape index (κ1) is 15.9. The molecule has 27 heavy (non-hydrogen) atoms. The van der Waals surface area contributed by atoms with Gasteiger partial charge in [0.25, 0.3) is 5.91 Å². The van der Waals surface area contributed by atoms with Crippen LogP contribution in [-0.2, 0) is 11.3 Å². The lowest BCUT2D eigenvalue weighted by Gasteiger charge is -2.41. The molecule has 2 aliphatic rings. The van der Waals surface area contributed by atoms with Crippen LogP contribution in [0.2, 0.25) is 0 Å². The van der Waals surface area contributed by atoms with Crippen molar-refractivity contribution in [2.75, 3.05) is 13.1 Å². The highest BCUT2D eigenvalue weighted by Crippen LogP contribution is 2.31. The highest BCUT2D eigenvalue weighted by molar-refractivity contribution is 5.97. The van der Waals surface area contributed by atoms with E-state index in [1.54, 1.807) is 23.2 Å². The van der Waals surface area contributed by atoms with Crippen LogP contribution in [0.3, 0.4) is 0 Å². The second-order valence-electron chi connectivity index (χ2n) is 6.58. The Balaban J connectivity index is 1.43. The number of aromatic hydroxyl groups is 1. The zero-order chi connectivity index (χ0) is 18.4. The van der Waals surface area contributed by atoms with Gasteiger partial charge < -0.3 is 14.7 Å². The predicted octanol–water partition coefficient (Wildman–Crippen LogP) is -0.0546. The number of carbonyl (C=O) groups excluding carboxylic acids is 1. The fourth-order valence-corrected chi connectivity index (χ4v) is 3.65. The first-order valence-electron chi connectivity index (χ1n) is 8.57. The molecule has 0 aliphatic carbocycles. The van der Waals surface area contributed by atoms with Crippen molar-refractivity contribution in [3.05, 3.63) is 42.0 Å². The molecule has 3 aromatic rings. The van der Waals surface area contributed by atoms with E-state index in [0.29, 0.717) is 31.8 Å². The van der Waals surface area contributed by atoms with Crippen molar-refractivity contribution in [1.29, 1.82) is 0 Å². The van der Waals surface area contributed by atoms with Crippen LogP contribution < -0.4 is 0 Å². The van der Waals surface area contributed by atoms with Crippen molar-refractivity contribution in [3.63, 3.8) is 0 Å². The number of phenolic OH excluding ortho intramolecular Hbond substituents is 1. The van der Waals surface area contributed by atoms with Gasteiger partial charge in [0, 0.05) is 13.1 Å². The molecule has 11 heteroatoms. The maximum atomic E-state index is 13.1. The summed E-state index contributed by atoms with van der Waals surface area (Å²) >= 11 is 0. The van der Waals surface area contributed by atoms with Crippen LogP contribution in [0.4, 0.5) is 0 Å². The first-order valence-corrected chi connectivity index (χ1v) is 8.57. The average Bonchev–Trinajstić information content (AvgIpc) is 3.39. The highest BCUT2D eigenvalue weighted by atomic mass is 16.5. The summed E-state index contributed by atoms with van der Waals surface area (Å²) in [5.41, 5.74) is 1.70. The molecule has 1 N–H and O–H groups in total. The Bertz CT molecular complexity index is 985. The zero-order valence-electron chi connectivity index (χ0n) is 14.2. The molecule has 5 rings (SSSR count). The van der Waals surface area contributed by atoms with Crippen molar-refractivity contribution < 1.29 is 14.6 Å². The molecule has 2 aliphatic heterocycles. The number of carbonyl (C=O) groups is 1. The molecular weight excluding hydrogens is 352 g/mol. The molecule has 1 amide bonds. The third kappa shape index (κ3) is 2.63. The van der Waals surface area contributed by atoms with E-state index in [1.165, 1.54) is 17.1 Å². The van der Waals surface area contributed by atoms with Crippen LogP contribution in [0.5, 0.6) is 5.75 Å². The first-order chi connectivity index (χ1) is 13.2. The van der Waals surface area contributed by atoms with Gasteiger partial charge in [-0.25, -0.2) is 9.36 Å². The summed E-state index contributed by atoms with van der Waals surface area (Å²) in [4.78, 5) is 14.8. The van der Waals surface area contributed by atoms with Crippen molar-refractivity contribution >= 4 is 5.91 Å². The Morgan fingerprint density at radius 1 is 1.26 bits per heavy atom. The van der Waals surface area contributed by atoms with Gasteiger partial charge in [0.1, 0.15) is 12.1 Å². The lowest BCUT2D eigenvalue weighted by atomic mass is 9.99. The molecule has 0 radical (unpaired) electrons. The fourth-order valence-electron chi connectivity index (χ4n) is 3.65. The van der Waals surface area contributed by atoms with Gasteiger partial charge in [0.05, 0.1) is 41.9 Å². The van der Waals surface area contributed by atoms with Crippen LogP contribution in [-0.4, -0.2) is 70.3 Å². The molecule has 4 heterocycles. The number of rotatable bonds is 2. The second-order valence-corrected chi connectivity index (χ2v) is 6.58. The van der Waals surface area contributed by atoms with Crippen molar-refractivity contribution in [2.45, 2.75) is 25.2 Å². The summed E-state index contributed by atoms with van der Waals surface area (Å²) in [5.74, 6) is -0.339. The van der Waals surface area contributed by atoms with Crippen molar-refractivity contribution in [3.8, 4) is 11.4 Å². The van der Waals surface area contributed by atoms with Crippen LogP contribution in [0.25, 0.3) is 5.69 Å². The van der Waals surface area contributed by atoms with E-state index < -0.39 is 0 Å². The Hall–Kier alpha value is -3.34.